The van der Waals surface area contributed by atoms with E-state index in [2.05, 4.69) is 26.2 Å². The van der Waals surface area contributed by atoms with Crippen LogP contribution in [0.5, 0.6) is 0 Å². The van der Waals surface area contributed by atoms with E-state index in [9.17, 15) is 9.59 Å². The SMILES string of the molecule is CCOC(=O)c1c(NC(=O)c2cncc(Br)c2)sc(C)c1CC. The van der Waals surface area contributed by atoms with Crippen molar-refractivity contribution in [2.45, 2.75) is 27.2 Å². The van der Waals surface area contributed by atoms with Crippen LogP contribution in [-0.2, 0) is 11.2 Å². The Morgan fingerprint density at radius 2 is 2.09 bits per heavy atom. The Bertz CT molecular complexity index is 743. The zero-order valence-corrected chi connectivity index (χ0v) is 15.5. The monoisotopic (exact) mass is 396 g/mol. The maximum atomic E-state index is 12.4. The molecule has 0 unspecified atom stereocenters. The molecule has 0 aromatic carbocycles. The van der Waals surface area contributed by atoms with E-state index in [0.717, 1.165) is 10.4 Å². The molecule has 0 saturated carbocycles. The van der Waals surface area contributed by atoms with Crippen molar-refractivity contribution in [1.82, 2.24) is 4.98 Å². The number of amides is 1. The van der Waals surface area contributed by atoms with Crippen molar-refractivity contribution in [1.29, 1.82) is 0 Å². The second-order valence-corrected chi connectivity index (χ2v) is 6.90. The molecular formula is C16H17BrN2O3S. The molecule has 0 aliphatic rings. The Kier molecular flexibility index (Phi) is 5.90. The molecule has 2 aromatic rings. The molecule has 5 nitrogen and oxygen atoms in total. The van der Waals surface area contributed by atoms with Crippen molar-refractivity contribution in [3.05, 3.63) is 44.5 Å². The summed E-state index contributed by atoms with van der Waals surface area (Å²) in [6.07, 6.45) is 3.78. The Labute approximate surface area is 147 Å². The number of thiophene rings is 1. The standard InChI is InChI=1S/C16H17BrN2O3S/c1-4-12-9(3)23-15(13(12)16(21)22-5-2)19-14(20)10-6-11(17)8-18-7-10/h6-8H,4-5H2,1-3H3,(H,19,20). The van der Waals surface area contributed by atoms with Gasteiger partial charge >= 0.3 is 5.97 Å². The predicted octanol–water partition coefficient (Wildman–Crippen LogP) is 4.21. The molecule has 0 aliphatic heterocycles. The summed E-state index contributed by atoms with van der Waals surface area (Å²) in [5.41, 5.74) is 1.78. The van der Waals surface area contributed by atoms with Crippen molar-refractivity contribution in [2.75, 3.05) is 11.9 Å². The summed E-state index contributed by atoms with van der Waals surface area (Å²) in [5, 5.41) is 3.32. The number of anilines is 1. The average Bonchev–Trinajstić information content (AvgIpc) is 2.82. The Balaban J connectivity index is 2.36. The van der Waals surface area contributed by atoms with Crippen LogP contribution in [0.15, 0.2) is 22.9 Å². The first-order valence-corrected chi connectivity index (χ1v) is 8.80. The number of nitrogens with zero attached hydrogens (tertiary/aromatic N) is 1. The van der Waals surface area contributed by atoms with Crippen molar-refractivity contribution < 1.29 is 14.3 Å². The van der Waals surface area contributed by atoms with E-state index in [0.29, 0.717) is 33.6 Å². The Hall–Kier alpha value is -1.73. The van der Waals surface area contributed by atoms with Gasteiger partial charge in [-0.25, -0.2) is 4.79 Å². The van der Waals surface area contributed by atoms with Gasteiger partial charge in [-0.05, 0) is 47.8 Å². The van der Waals surface area contributed by atoms with Crippen LogP contribution in [0.25, 0.3) is 0 Å². The summed E-state index contributed by atoms with van der Waals surface area (Å²) in [7, 11) is 0. The third kappa shape index (κ3) is 3.97. The molecule has 1 amide bonds. The molecule has 122 valence electrons. The molecule has 0 atom stereocenters. The quantitative estimate of drug-likeness (QED) is 0.768. The van der Waals surface area contributed by atoms with E-state index in [1.807, 2.05) is 13.8 Å². The number of carbonyl (C=O) groups excluding carboxylic acids is 2. The number of aromatic nitrogens is 1. The smallest absolute Gasteiger partial charge is 0.341 e. The molecule has 0 aliphatic carbocycles. The average molecular weight is 397 g/mol. The minimum atomic E-state index is -0.406. The summed E-state index contributed by atoms with van der Waals surface area (Å²) in [4.78, 5) is 29.6. The van der Waals surface area contributed by atoms with Gasteiger partial charge in [0.1, 0.15) is 5.00 Å². The molecule has 0 saturated heterocycles. The van der Waals surface area contributed by atoms with Gasteiger partial charge in [-0.3, -0.25) is 9.78 Å². The van der Waals surface area contributed by atoms with Crippen LogP contribution in [0.3, 0.4) is 0 Å². The topological polar surface area (TPSA) is 68.3 Å². The molecule has 23 heavy (non-hydrogen) atoms. The first-order chi connectivity index (χ1) is 11.0. The number of aryl methyl sites for hydroxylation is 1. The summed E-state index contributed by atoms with van der Waals surface area (Å²) >= 11 is 4.67. The van der Waals surface area contributed by atoms with Gasteiger partial charge < -0.3 is 10.1 Å². The first-order valence-electron chi connectivity index (χ1n) is 7.19. The normalized spacial score (nSPS) is 10.4. The summed E-state index contributed by atoms with van der Waals surface area (Å²) in [6, 6.07) is 1.67. The van der Waals surface area contributed by atoms with Crippen molar-refractivity contribution in [2.24, 2.45) is 0 Å². The van der Waals surface area contributed by atoms with Crippen molar-refractivity contribution in [3.63, 3.8) is 0 Å². The van der Waals surface area contributed by atoms with Crippen LogP contribution >= 0.6 is 27.3 Å². The molecule has 2 rings (SSSR count). The third-order valence-corrected chi connectivity index (χ3v) is 4.73. The molecule has 7 heteroatoms. The lowest BCUT2D eigenvalue weighted by Crippen LogP contribution is -2.15. The predicted molar refractivity (Wildman–Crippen MR) is 94.3 cm³/mol. The van der Waals surface area contributed by atoms with Gasteiger partial charge in [0.2, 0.25) is 0 Å². The van der Waals surface area contributed by atoms with E-state index in [-0.39, 0.29) is 5.91 Å². The molecule has 0 bridgehead atoms. The van der Waals surface area contributed by atoms with E-state index in [1.54, 1.807) is 19.2 Å². The number of rotatable bonds is 5. The fraction of sp³-hybridized carbons (Fsp3) is 0.312. The van der Waals surface area contributed by atoms with E-state index < -0.39 is 5.97 Å². The lowest BCUT2D eigenvalue weighted by Gasteiger charge is -2.08. The number of ether oxygens (including phenoxy) is 1. The van der Waals surface area contributed by atoms with E-state index in [1.165, 1.54) is 17.5 Å². The highest BCUT2D eigenvalue weighted by molar-refractivity contribution is 9.10. The second kappa shape index (κ2) is 7.70. The lowest BCUT2D eigenvalue weighted by molar-refractivity contribution is 0.0527. The second-order valence-electron chi connectivity index (χ2n) is 4.76. The maximum Gasteiger partial charge on any atom is 0.341 e. The van der Waals surface area contributed by atoms with E-state index in [4.69, 9.17) is 4.74 Å². The molecule has 0 fully saturated rings. The highest BCUT2D eigenvalue weighted by atomic mass is 79.9. The van der Waals surface area contributed by atoms with Crippen LogP contribution in [0.2, 0.25) is 0 Å². The van der Waals surface area contributed by atoms with Crippen LogP contribution in [0.1, 0.15) is 45.0 Å². The van der Waals surface area contributed by atoms with Gasteiger partial charge in [-0.2, -0.15) is 0 Å². The molecule has 0 radical (unpaired) electrons. The molecule has 0 spiro atoms. The highest BCUT2D eigenvalue weighted by Crippen LogP contribution is 2.34. The van der Waals surface area contributed by atoms with Crippen LogP contribution in [0, 0.1) is 6.92 Å². The minimum absolute atomic E-state index is 0.291. The number of hydrogen-bond donors (Lipinski definition) is 1. The van der Waals surface area contributed by atoms with Crippen LogP contribution in [0.4, 0.5) is 5.00 Å². The maximum absolute atomic E-state index is 12.4. The molecular weight excluding hydrogens is 380 g/mol. The molecule has 2 aromatic heterocycles. The molecule has 1 N–H and O–H groups in total. The Morgan fingerprint density at radius 3 is 2.70 bits per heavy atom. The van der Waals surface area contributed by atoms with Crippen molar-refractivity contribution in [3.8, 4) is 0 Å². The fourth-order valence-corrected chi connectivity index (χ4v) is 3.72. The number of esters is 1. The first kappa shape index (κ1) is 17.6. The minimum Gasteiger partial charge on any atom is -0.462 e. The zero-order valence-electron chi connectivity index (χ0n) is 13.1. The fourth-order valence-electron chi connectivity index (χ4n) is 2.22. The largest absolute Gasteiger partial charge is 0.462 e. The number of carbonyl (C=O) groups is 2. The summed E-state index contributed by atoms with van der Waals surface area (Å²) in [6.45, 7) is 5.96. The number of nitrogens with one attached hydrogen (secondary N) is 1. The lowest BCUT2D eigenvalue weighted by atomic mass is 10.1. The summed E-state index contributed by atoms with van der Waals surface area (Å²) in [5.74, 6) is -0.718. The number of halogens is 1. The summed E-state index contributed by atoms with van der Waals surface area (Å²) < 4.78 is 5.84. The zero-order chi connectivity index (χ0) is 17.0. The van der Waals surface area contributed by atoms with Crippen LogP contribution < -0.4 is 5.32 Å². The number of pyridine rings is 1. The van der Waals surface area contributed by atoms with E-state index >= 15 is 0 Å². The third-order valence-electron chi connectivity index (χ3n) is 3.24. The van der Waals surface area contributed by atoms with Gasteiger partial charge in [0.25, 0.3) is 5.91 Å². The van der Waals surface area contributed by atoms with Gasteiger partial charge in [0.05, 0.1) is 17.7 Å². The van der Waals surface area contributed by atoms with Crippen LogP contribution in [-0.4, -0.2) is 23.5 Å². The highest BCUT2D eigenvalue weighted by Gasteiger charge is 2.23. The number of hydrogen-bond acceptors (Lipinski definition) is 5. The van der Waals surface area contributed by atoms with Gasteiger partial charge in [0, 0.05) is 21.7 Å². The van der Waals surface area contributed by atoms with Gasteiger partial charge in [-0.15, -0.1) is 11.3 Å². The van der Waals surface area contributed by atoms with Gasteiger partial charge in [-0.1, -0.05) is 6.92 Å². The Morgan fingerprint density at radius 1 is 1.35 bits per heavy atom. The van der Waals surface area contributed by atoms with Crippen molar-refractivity contribution >= 4 is 44.1 Å². The van der Waals surface area contributed by atoms with Gasteiger partial charge in [0.15, 0.2) is 0 Å². The molecule has 2 heterocycles.